The smallest absolute Gasteiger partial charge is 0.129 e. The first-order valence-corrected chi connectivity index (χ1v) is 6.44. The Morgan fingerprint density at radius 2 is 2.25 bits per heavy atom. The predicted octanol–water partition coefficient (Wildman–Crippen LogP) is 2.10. The van der Waals surface area contributed by atoms with E-state index in [0.717, 1.165) is 45.6 Å². The topological polar surface area (TPSA) is 29.5 Å². The minimum atomic E-state index is 0.309. The van der Waals surface area contributed by atoms with Crippen LogP contribution in [0.1, 0.15) is 39.0 Å². The predicted molar refractivity (Wildman–Crippen MR) is 65.6 cm³/mol. The van der Waals surface area contributed by atoms with Crippen molar-refractivity contribution < 1.29 is 9.53 Å². The van der Waals surface area contributed by atoms with Crippen molar-refractivity contribution in [3.05, 3.63) is 0 Å². The van der Waals surface area contributed by atoms with Crippen LogP contribution in [0.25, 0.3) is 0 Å². The molecule has 0 aromatic carbocycles. The minimum absolute atomic E-state index is 0.309. The Morgan fingerprint density at radius 1 is 1.44 bits per heavy atom. The number of hydrogen-bond donors (Lipinski definition) is 0. The first-order valence-electron chi connectivity index (χ1n) is 6.44. The molecule has 0 amide bonds. The van der Waals surface area contributed by atoms with Gasteiger partial charge < -0.3 is 14.4 Å². The van der Waals surface area contributed by atoms with Crippen LogP contribution in [0.15, 0.2) is 0 Å². The summed E-state index contributed by atoms with van der Waals surface area (Å²) in [5, 5.41) is 0. The van der Waals surface area contributed by atoms with Crippen LogP contribution in [0.3, 0.4) is 0 Å². The number of ketones is 1. The second-order valence-electron chi connectivity index (χ2n) is 5.00. The molecule has 0 bridgehead atoms. The van der Waals surface area contributed by atoms with Crippen molar-refractivity contribution in [2.45, 2.75) is 39.0 Å². The molecule has 0 N–H and O–H groups in total. The number of unbranched alkanes of at least 4 members (excludes halogenated alkanes) is 1. The third kappa shape index (κ3) is 6.23. The van der Waals surface area contributed by atoms with Gasteiger partial charge in [-0.3, -0.25) is 0 Å². The fourth-order valence-electron chi connectivity index (χ4n) is 2.24. The van der Waals surface area contributed by atoms with E-state index in [4.69, 9.17) is 4.74 Å². The van der Waals surface area contributed by atoms with Crippen LogP contribution in [-0.4, -0.2) is 44.0 Å². The van der Waals surface area contributed by atoms with Crippen molar-refractivity contribution in [3.8, 4) is 0 Å². The van der Waals surface area contributed by atoms with Gasteiger partial charge in [0.25, 0.3) is 0 Å². The summed E-state index contributed by atoms with van der Waals surface area (Å²) in [5.74, 6) is 1.02. The van der Waals surface area contributed by atoms with Crippen molar-refractivity contribution in [1.82, 2.24) is 4.90 Å². The van der Waals surface area contributed by atoms with E-state index in [1.807, 2.05) is 0 Å². The maximum atomic E-state index is 10.8. The molecule has 1 unspecified atom stereocenters. The third-order valence-electron chi connectivity index (χ3n) is 3.14. The zero-order valence-electron chi connectivity index (χ0n) is 10.7. The van der Waals surface area contributed by atoms with Gasteiger partial charge in [0.2, 0.25) is 0 Å². The molecule has 1 heterocycles. The number of nitrogens with zero attached hydrogens (tertiary/aromatic N) is 1. The molecular formula is C13H25NO2. The number of rotatable bonds is 7. The lowest BCUT2D eigenvalue weighted by Crippen LogP contribution is -2.31. The molecule has 16 heavy (non-hydrogen) atoms. The molecule has 3 heteroatoms. The summed E-state index contributed by atoms with van der Waals surface area (Å²) in [6.07, 6.45) is 5.41. The fourth-order valence-corrected chi connectivity index (χ4v) is 2.24. The Hall–Kier alpha value is -0.410. The highest BCUT2D eigenvalue weighted by Crippen LogP contribution is 2.14. The monoisotopic (exact) mass is 227 g/mol. The van der Waals surface area contributed by atoms with E-state index in [9.17, 15) is 4.79 Å². The van der Waals surface area contributed by atoms with Crippen molar-refractivity contribution in [1.29, 1.82) is 0 Å². The SMILES string of the molecule is CC(=O)CCCCN(C)CC1CCCOC1. The second-order valence-corrected chi connectivity index (χ2v) is 5.00. The maximum absolute atomic E-state index is 10.8. The van der Waals surface area contributed by atoms with Crippen LogP contribution in [0, 0.1) is 5.92 Å². The lowest BCUT2D eigenvalue weighted by Gasteiger charge is -2.27. The van der Waals surface area contributed by atoms with Gasteiger partial charge in [-0.25, -0.2) is 0 Å². The van der Waals surface area contributed by atoms with Crippen molar-refractivity contribution in [2.24, 2.45) is 5.92 Å². The molecule has 0 radical (unpaired) electrons. The average molecular weight is 227 g/mol. The van der Waals surface area contributed by atoms with Gasteiger partial charge in [0.05, 0.1) is 6.61 Å². The number of hydrogen-bond acceptors (Lipinski definition) is 3. The van der Waals surface area contributed by atoms with Crippen molar-refractivity contribution >= 4 is 5.78 Å². The Morgan fingerprint density at radius 3 is 2.88 bits per heavy atom. The van der Waals surface area contributed by atoms with Crippen molar-refractivity contribution in [3.63, 3.8) is 0 Å². The highest BCUT2D eigenvalue weighted by molar-refractivity contribution is 5.75. The van der Waals surface area contributed by atoms with E-state index >= 15 is 0 Å². The molecule has 0 aromatic heterocycles. The Bertz CT molecular complexity index is 200. The first kappa shape index (κ1) is 13.7. The first-order chi connectivity index (χ1) is 7.68. The number of carbonyl (C=O) groups is 1. The fraction of sp³-hybridized carbons (Fsp3) is 0.923. The van der Waals surface area contributed by atoms with Crippen LogP contribution < -0.4 is 0 Å². The molecule has 1 saturated heterocycles. The van der Waals surface area contributed by atoms with E-state index in [-0.39, 0.29) is 0 Å². The van der Waals surface area contributed by atoms with Gasteiger partial charge >= 0.3 is 0 Å². The molecular weight excluding hydrogens is 202 g/mol. The summed E-state index contributed by atoms with van der Waals surface area (Å²) in [6.45, 7) is 5.78. The molecule has 1 aliphatic heterocycles. The highest BCUT2D eigenvalue weighted by atomic mass is 16.5. The van der Waals surface area contributed by atoms with Crippen LogP contribution in [0.2, 0.25) is 0 Å². The largest absolute Gasteiger partial charge is 0.381 e. The average Bonchev–Trinajstić information content (AvgIpc) is 2.25. The van der Waals surface area contributed by atoms with Gasteiger partial charge in [0.15, 0.2) is 0 Å². The molecule has 0 aliphatic carbocycles. The van der Waals surface area contributed by atoms with Crippen LogP contribution in [0.4, 0.5) is 0 Å². The quantitative estimate of drug-likeness (QED) is 0.624. The molecule has 1 fully saturated rings. The van der Waals surface area contributed by atoms with Crippen LogP contribution >= 0.6 is 0 Å². The van der Waals surface area contributed by atoms with Crippen LogP contribution in [-0.2, 0) is 9.53 Å². The highest BCUT2D eigenvalue weighted by Gasteiger charge is 2.15. The number of ether oxygens (including phenoxy) is 1. The molecule has 0 spiro atoms. The lowest BCUT2D eigenvalue weighted by molar-refractivity contribution is -0.117. The summed E-state index contributed by atoms with van der Waals surface area (Å²) in [5.41, 5.74) is 0. The van der Waals surface area contributed by atoms with Gasteiger partial charge in [-0.05, 0) is 52.1 Å². The van der Waals surface area contributed by atoms with E-state index in [0.29, 0.717) is 11.7 Å². The van der Waals surface area contributed by atoms with Crippen molar-refractivity contribution in [2.75, 3.05) is 33.4 Å². The summed E-state index contributed by atoms with van der Waals surface area (Å²) >= 11 is 0. The molecule has 1 atom stereocenters. The Labute approximate surface area is 99.1 Å². The second kappa shape index (κ2) is 7.80. The summed E-state index contributed by atoms with van der Waals surface area (Å²) in [7, 11) is 2.17. The normalized spacial score (nSPS) is 21.3. The minimum Gasteiger partial charge on any atom is -0.381 e. The summed E-state index contributed by atoms with van der Waals surface area (Å²) < 4.78 is 5.47. The molecule has 1 rings (SSSR count). The van der Waals surface area contributed by atoms with E-state index in [1.165, 1.54) is 12.8 Å². The lowest BCUT2D eigenvalue weighted by atomic mass is 10.0. The van der Waals surface area contributed by atoms with E-state index in [1.54, 1.807) is 6.92 Å². The maximum Gasteiger partial charge on any atom is 0.129 e. The Balaban J connectivity index is 2.01. The zero-order valence-corrected chi connectivity index (χ0v) is 10.7. The Kier molecular flexibility index (Phi) is 6.65. The standard InChI is InChI=1S/C13H25NO2/c1-12(15)6-3-4-8-14(2)10-13-7-5-9-16-11-13/h13H,3-11H2,1-2H3. The van der Waals surface area contributed by atoms with Gasteiger partial charge in [-0.1, -0.05) is 0 Å². The number of Topliss-reactive ketones (excluding diaryl/α,β-unsaturated/α-hetero) is 1. The van der Waals surface area contributed by atoms with Gasteiger partial charge in [0, 0.05) is 19.6 Å². The van der Waals surface area contributed by atoms with E-state index in [2.05, 4.69) is 11.9 Å². The summed E-state index contributed by atoms with van der Waals surface area (Å²) in [6, 6.07) is 0. The molecule has 3 nitrogen and oxygen atoms in total. The van der Waals surface area contributed by atoms with Crippen LogP contribution in [0.5, 0.6) is 0 Å². The van der Waals surface area contributed by atoms with E-state index < -0.39 is 0 Å². The molecule has 1 aliphatic rings. The van der Waals surface area contributed by atoms with Gasteiger partial charge in [0.1, 0.15) is 5.78 Å². The third-order valence-corrected chi connectivity index (χ3v) is 3.14. The molecule has 0 aromatic rings. The summed E-state index contributed by atoms with van der Waals surface area (Å²) in [4.78, 5) is 13.1. The van der Waals surface area contributed by atoms with Gasteiger partial charge in [-0.2, -0.15) is 0 Å². The molecule has 0 saturated carbocycles. The number of carbonyl (C=O) groups excluding carboxylic acids is 1. The van der Waals surface area contributed by atoms with Gasteiger partial charge in [-0.15, -0.1) is 0 Å². The molecule has 94 valence electrons. The zero-order chi connectivity index (χ0) is 11.8.